The summed E-state index contributed by atoms with van der Waals surface area (Å²) in [5, 5.41) is 5.57. The van der Waals surface area contributed by atoms with Crippen molar-refractivity contribution in [1.82, 2.24) is 14.6 Å². The van der Waals surface area contributed by atoms with Crippen LogP contribution in [0.1, 0.15) is 35.6 Å². The highest BCUT2D eigenvalue weighted by Gasteiger charge is 2.34. The van der Waals surface area contributed by atoms with Crippen LogP contribution in [0.3, 0.4) is 0 Å². The van der Waals surface area contributed by atoms with Crippen molar-refractivity contribution in [3.8, 4) is 17.0 Å². The maximum Gasteiger partial charge on any atom is 0.251 e. The Kier molecular flexibility index (Phi) is 7.35. The highest BCUT2D eigenvalue weighted by atomic mass is 32.2. The quantitative estimate of drug-likeness (QED) is 0.520. The summed E-state index contributed by atoms with van der Waals surface area (Å²) in [6.07, 6.45) is 0.994. The lowest BCUT2D eigenvalue weighted by Gasteiger charge is -2.34. The van der Waals surface area contributed by atoms with E-state index in [0.29, 0.717) is 13.1 Å². The Labute approximate surface area is 204 Å². The fourth-order valence-electron chi connectivity index (χ4n) is 4.35. The van der Waals surface area contributed by atoms with Crippen LogP contribution < -0.4 is 10.1 Å². The molecule has 0 radical (unpaired) electrons. The van der Waals surface area contributed by atoms with Gasteiger partial charge in [0.05, 0.1) is 19.3 Å². The van der Waals surface area contributed by atoms with Crippen molar-refractivity contribution in [2.24, 2.45) is 11.8 Å². The molecule has 3 aromatic rings. The molecule has 1 saturated heterocycles. The highest BCUT2D eigenvalue weighted by Crippen LogP contribution is 2.32. The third-order valence-electron chi connectivity index (χ3n) is 5.90. The molecule has 0 bridgehead atoms. The molecular weight excluding hydrogens is 470 g/mol. The number of sulfonamides is 1. The van der Waals surface area contributed by atoms with Gasteiger partial charge in [0.25, 0.3) is 5.91 Å². The zero-order valence-corrected chi connectivity index (χ0v) is 21.2. The minimum absolute atomic E-state index is 0.0181. The first-order valence-corrected chi connectivity index (χ1v) is 13.6. The van der Waals surface area contributed by atoms with Crippen LogP contribution >= 0.6 is 11.3 Å². The number of benzene rings is 2. The Balaban J connectivity index is 1.51. The number of aromatic nitrogens is 1. The van der Waals surface area contributed by atoms with Crippen molar-refractivity contribution in [2.45, 2.75) is 31.7 Å². The standard InChI is InChI=1S/C25H29N3O4S2/c1-17-11-18(2)15-28(14-17)34(30,31)23-12-20(9-10-22(23)32-3)25(29)26-13-24-27-21(16-33-24)19-7-5-4-6-8-19/h4-10,12,16-18H,11,13-15H2,1-3H3,(H,26,29). The van der Waals surface area contributed by atoms with Crippen molar-refractivity contribution in [3.05, 3.63) is 64.5 Å². The molecule has 2 heterocycles. The first kappa shape index (κ1) is 24.4. The number of nitrogens with one attached hydrogen (secondary N) is 1. The minimum atomic E-state index is -3.80. The SMILES string of the molecule is COc1ccc(C(=O)NCc2nc(-c3ccccc3)cs2)cc1S(=O)(=O)N1CC(C)CC(C)C1. The number of amides is 1. The van der Waals surface area contributed by atoms with E-state index in [1.807, 2.05) is 35.7 Å². The lowest BCUT2D eigenvalue weighted by Crippen LogP contribution is -2.42. The van der Waals surface area contributed by atoms with Gasteiger partial charge in [-0.1, -0.05) is 44.2 Å². The van der Waals surface area contributed by atoms with Crippen LogP contribution in [0, 0.1) is 11.8 Å². The summed E-state index contributed by atoms with van der Waals surface area (Å²) in [7, 11) is -2.37. The normalized spacial score (nSPS) is 19.0. The second-order valence-corrected chi connectivity index (χ2v) is 11.7. The van der Waals surface area contributed by atoms with Crippen LogP contribution in [0.5, 0.6) is 5.75 Å². The molecule has 7 nitrogen and oxygen atoms in total. The van der Waals surface area contributed by atoms with E-state index in [9.17, 15) is 13.2 Å². The molecule has 1 amide bonds. The zero-order chi connectivity index (χ0) is 24.3. The molecule has 1 aromatic heterocycles. The molecule has 0 spiro atoms. The van der Waals surface area contributed by atoms with Gasteiger partial charge in [-0.3, -0.25) is 4.79 Å². The molecule has 1 aliphatic heterocycles. The van der Waals surface area contributed by atoms with E-state index in [4.69, 9.17) is 4.74 Å². The van der Waals surface area contributed by atoms with Crippen LogP contribution in [0.4, 0.5) is 0 Å². The van der Waals surface area contributed by atoms with Gasteiger partial charge in [-0.05, 0) is 36.5 Å². The van der Waals surface area contributed by atoms with Gasteiger partial charge in [-0.25, -0.2) is 13.4 Å². The van der Waals surface area contributed by atoms with E-state index in [2.05, 4.69) is 24.1 Å². The Morgan fingerprint density at radius 3 is 2.53 bits per heavy atom. The monoisotopic (exact) mass is 499 g/mol. The van der Waals surface area contributed by atoms with Gasteiger partial charge in [-0.2, -0.15) is 4.31 Å². The Morgan fingerprint density at radius 2 is 1.85 bits per heavy atom. The largest absolute Gasteiger partial charge is 0.495 e. The summed E-state index contributed by atoms with van der Waals surface area (Å²) >= 11 is 1.47. The molecule has 1 aliphatic rings. The second-order valence-electron chi connectivity index (χ2n) is 8.81. The molecular formula is C25H29N3O4S2. The van der Waals surface area contributed by atoms with Crippen molar-refractivity contribution in [1.29, 1.82) is 0 Å². The zero-order valence-electron chi connectivity index (χ0n) is 19.5. The molecule has 180 valence electrons. The van der Waals surface area contributed by atoms with Crippen LogP contribution in [0.2, 0.25) is 0 Å². The van der Waals surface area contributed by atoms with Gasteiger partial charge in [0.15, 0.2) is 0 Å². The molecule has 34 heavy (non-hydrogen) atoms. The molecule has 0 aliphatic carbocycles. The number of carbonyl (C=O) groups excluding carboxylic acids is 1. The Hall–Kier alpha value is -2.75. The molecule has 2 unspecified atom stereocenters. The predicted molar refractivity (Wildman–Crippen MR) is 133 cm³/mol. The van der Waals surface area contributed by atoms with E-state index in [-0.39, 0.29) is 40.5 Å². The van der Waals surface area contributed by atoms with Crippen LogP contribution in [-0.2, 0) is 16.6 Å². The number of hydrogen-bond acceptors (Lipinski definition) is 6. The van der Waals surface area contributed by atoms with Crippen molar-refractivity contribution >= 4 is 27.3 Å². The average molecular weight is 500 g/mol. The summed E-state index contributed by atoms with van der Waals surface area (Å²) < 4.78 is 33.8. The predicted octanol–water partition coefficient (Wildman–Crippen LogP) is 4.42. The summed E-state index contributed by atoms with van der Waals surface area (Å²) in [4.78, 5) is 17.5. The van der Waals surface area contributed by atoms with Gasteiger partial charge < -0.3 is 10.1 Å². The van der Waals surface area contributed by atoms with E-state index < -0.39 is 10.0 Å². The first-order valence-electron chi connectivity index (χ1n) is 11.2. The highest BCUT2D eigenvalue weighted by molar-refractivity contribution is 7.89. The van der Waals surface area contributed by atoms with Gasteiger partial charge in [0, 0.05) is 29.6 Å². The lowest BCUT2D eigenvalue weighted by molar-refractivity contribution is 0.0950. The lowest BCUT2D eigenvalue weighted by atomic mass is 9.94. The molecule has 2 atom stereocenters. The summed E-state index contributed by atoms with van der Waals surface area (Å²) in [5.74, 6) is 0.413. The van der Waals surface area contributed by atoms with Crippen molar-refractivity contribution in [2.75, 3.05) is 20.2 Å². The van der Waals surface area contributed by atoms with Crippen molar-refractivity contribution < 1.29 is 17.9 Å². The van der Waals surface area contributed by atoms with Crippen LogP contribution in [0.25, 0.3) is 11.3 Å². The fourth-order valence-corrected chi connectivity index (χ4v) is 6.96. The number of methoxy groups -OCH3 is 1. The Morgan fingerprint density at radius 1 is 1.15 bits per heavy atom. The number of nitrogens with zero attached hydrogens (tertiary/aromatic N) is 2. The Bertz CT molecular complexity index is 1250. The van der Waals surface area contributed by atoms with E-state index >= 15 is 0 Å². The number of carbonyl (C=O) groups is 1. The molecule has 4 rings (SSSR count). The molecule has 0 saturated carbocycles. The molecule has 9 heteroatoms. The number of rotatable bonds is 7. The topological polar surface area (TPSA) is 88.6 Å². The van der Waals surface area contributed by atoms with Gasteiger partial charge in [0.1, 0.15) is 15.7 Å². The van der Waals surface area contributed by atoms with E-state index in [0.717, 1.165) is 22.7 Å². The first-order chi connectivity index (χ1) is 16.3. The van der Waals surface area contributed by atoms with E-state index in [1.54, 1.807) is 6.07 Å². The number of thiazole rings is 1. The second kappa shape index (κ2) is 10.2. The molecule has 1 N–H and O–H groups in total. The third kappa shape index (κ3) is 5.32. The summed E-state index contributed by atoms with van der Waals surface area (Å²) in [6, 6.07) is 14.4. The molecule has 1 fully saturated rings. The third-order valence-corrected chi connectivity index (χ3v) is 8.60. The van der Waals surface area contributed by atoms with Gasteiger partial charge in [0.2, 0.25) is 10.0 Å². The maximum absolute atomic E-state index is 13.5. The average Bonchev–Trinajstić information content (AvgIpc) is 3.31. The number of piperidine rings is 1. The van der Waals surface area contributed by atoms with Crippen LogP contribution in [0.15, 0.2) is 58.8 Å². The van der Waals surface area contributed by atoms with Gasteiger partial charge >= 0.3 is 0 Å². The smallest absolute Gasteiger partial charge is 0.251 e. The van der Waals surface area contributed by atoms with Crippen molar-refractivity contribution in [3.63, 3.8) is 0 Å². The van der Waals surface area contributed by atoms with Gasteiger partial charge in [-0.15, -0.1) is 11.3 Å². The fraction of sp³-hybridized carbons (Fsp3) is 0.360. The number of hydrogen-bond donors (Lipinski definition) is 1. The maximum atomic E-state index is 13.5. The minimum Gasteiger partial charge on any atom is -0.495 e. The van der Waals surface area contributed by atoms with E-state index in [1.165, 1.54) is 34.9 Å². The summed E-state index contributed by atoms with van der Waals surface area (Å²) in [6.45, 7) is 5.29. The van der Waals surface area contributed by atoms with Crippen LogP contribution in [-0.4, -0.2) is 43.8 Å². The summed E-state index contributed by atoms with van der Waals surface area (Å²) in [5.41, 5.74) is 2.14. The molecule has 2 aromatic carbocycles. The number of ether oxygens (including phenoxy) is 1.